The second kappa shape index (κ2) is 10.9. The molecule has 0 amide bonds. The van der Waals surface area contributed by atoms with E-state index < -0.39 is 11.2 Å². The first-order valence-electron chi connectivity index (χ1n) is 10.4. The fourth-order valence-corrected chi connectivity index (χ4v) is 2.92. The summed E-state index contributed by atoms with van der Waals surface area (Å²) < 4.78 is 0. The second-order valence-electron chi connectivity index (χ2n) is 8.15. The van der Waals surface area contributed by atoms with Crippen LogP contribution in [0.25, 0.3) is 0 Å². The van der Waals surface area contributed by atoms with Crippen molar-refractivity contribution in [3.8, 4) is 0 Å². The Morgan fingerprint density at radius 2 is 0.897 bits per heavy atom. The topological polar surface area (TPSA) is 18.5 Å². The van der Waals surface area contributed by atoms with Crippen molar-refractivity contribution in [1.82, 2.24) is 0 Å². The molecule has 0 fully saturated rings. The van der Waals surface area contributed by atoms with Gasteiger partial charge in [0.1, 0.15) is 11.2 Å². The molecule has 0 aliphatic rings. The summed E-state index contributed by atoms with van der Waals surface area (Å²) in [7, 11) is 0. The van der Waals surface area contributed by atoms with Crippen LogP contribution in [0, 0.1) is 0 Å². The van der Waals surface area contributed by atoms with Crippen LogP contribution in [0.1, 0.15) is 57.7 Å². The Bertz CT molecular complexity index is 757. The summed E-state index contributed by atoms with van der Waals surface area (Å²) >= 11 is 0. The van der Waals surface area contributed by atoms with Gasteiger partial charge in [-0.3, -0.25) is 0 Å². The maximum atomic E-state index is 5.73. The summed E-state index contributed by atoms with van der Waals surface area (Å²) in [4.78, 5) is 11.5. The molecule has 2 heteroatoms. The van der Waals surface area contributed by atoms with Gasteiger partial charge in [-0.1, -0.05) is 104 Å². The highest BCUT2D eigenvalue weighted by atomic mass is 17.2. The van der Waals surface area contributed by atoms with Gasteiger partial charge in [0.25, 0.3) is 0 Å². The Hall–Kier alpha value is -2.42. The quantitative estimate of drug-likeness (QED) is 0.308. The fourth-order valence-electron chi connectivity index (χ4n) is 2.92. The first-order chi connectivity index (χ1) is 13.8. The molecule has 0 bridgehead atoms. The maximum Gasteiger partial charge on any atom is 0.123 e. The van der Waals surface area contributed by atoms with E-state index in [1.165, 1.54) is 18.4 Å². The summed E-state index contributed by atoms with van der Waals surface area (Å²) in [6.07, 6.45) is 2.45. The molecule has 0 heterocycles. The van der Waals surface area contributed by atoms with E-state index in [0.29, 0.717) is 0 Å². The van der Waals surface area contributed by atoms with Gasteiger partial charge in [0.05, 0.1) is 0 Å². The van der Waals surface area contributed by atoms with Gasteiger partial charge in [0.2, 0.25) is 0 Å². The Morgan fingerprint density at radius 1 is 0.552 bits per heavy atom. The first kappa shape index (κ1) is 22.9. The van der Waals surface area contributed by atoms with E-state index in [-0.39, 0.29) is 0 Å². The van der Waals surface area contributed by atoms with Gasteiger partial charge in [-0.15, -0.1) is 0 Å². The molecule has 0 aliphatic carbocycles. The molecule has 0 N–H and O–H groups in total. The van der Waals surface area contributed by atoms with Gasteiger partial charge in [-0.25, -0.2) is 9.78 Å². The highest BCUT2D eigenvalue weighted by molar-refractivity contribution is 5.22. The number of rotatable bonds is 7. The Balaban J connectivity index is 0.000000278. The van der Waals surface area contributed by atoms with E-state index >= 15 is 0 Å². The fraction of sp³-hybridized carbons (Fsp3) is 0.333. The maximum absolute atomic E-state index is 5.73. The summed E-state index contributed by atoms with van der Waals surface area (Å²) in [5.41, 5.74) is 2.63. The number of hydrogen-bond donors (Lipinski definition) is 0. The van der Waals surface area contributed by atoms with Crippen molar-refractivity contribution in [2.45, 2.75) is 58.7 Å². The highest BCUT2D eigenvalue weighted by Crippen LogP contribution is 2.31. The van der Waals surface area contributed by atoms with E-state index in [9.17, 15) is 0 Å². The van der Waals surface area contributed by atoms with Crippen LogP contribution in [-0.4, -0.2) is 0 Å². The largest absolute Gasteiger partial charge is 0.225 e. The molecular formula is C27H34O2. The molecule has 3 aromatic carbocycles. The van der Waals surface area contributed by atoms with Gasteiger partial charge in [-0.2, -0.15) is 0 Å². The van der Waals surface area contributed by atoms with Crippen LogP contribution in [0.15, 0.2) is 91.0 Å². The van der Waals surface area contributed by atoms with Crippen LogP contribution in [0.3, 0.4) is 0 Å². The van der Waals surface area contributed by atoms with Crippen LogP contribution in [-0.2, 0) is 27.4 Å². The van der Waals surface area contributed by atoms with Crippen molar-refractivity contribution < 1.29 is 9.78 Å². The average molecular weight is 391 g/mol. The molecule has 0 atom stereocenters. The van der Waals surface area contributed by atoms with Crippen molar-refractivity contribution in [2.24, 2.45) is 0 Å². The van der Waals surface area contributed by atoms with E-state index in [2.05, 4.69) is 37.3 Å². The number of aryl methyl sites for hydroxylation is 1. The lowest BCUT2D eigenvalue weighted by Gasteiger charge is -2.31. The van der Waals surface area contributed by atoms with Gasteiger partial charge in [0.15, 0.2) is 0 Å². The minimum atomic E-state index is -0.493. The number of benzene rings is 3. The van der Waals surface area contributed by atoms with Crippen molar-refractivity contribution in [1.29, 1.82) is 0 Å². The summed E-state index contributed by atoms with van der Waals surface area (Å²) in [5.74, 6) is 0. The molecule has 3 aromatic rings. The Morgan fingerprint density at radius 3 is 1.24 bits per heavy atom. The SMILES string of the molecule is CC(C)(OOC(C)(C)c1ccccc1)c1ccccc1.CCCc1ccccc1. The van der Waals surface area contributed by atoms with Gasteiger partial charge in [-0.05, 0) is 50.8 Å². The van der Waals surface area contributed by atoms with Crippen LogP contribution < -0.4 is 0 Å². The Kier molecular flexibility index (Phi) is 8.63. The summed E-state index contributed by atoms with van der Waals surface area (Å²) in [6, 6.07) is 30.7. The second-order valence-corrected chi connectivity index (χ2v) is 8.15. The Labute approximate surface area is 176 Å². The lowest BCUT2D eigenvalue weighted by atomic mass is 9.98. The molecule has 2 nitrogen and oxygen atoms in total. The zero-order chi connectivity index (χ0) is 21.2. The van der Waals surface area contributed by atoms with Crippen molar-refractivity contribution in [2.75, 3.05) is 0 Å². The van der Waals surface area contributed by atoms with Gasteiger partial charge >= 0.3 is 0 Å². The molecular weight excluding hydrogens is 356 g/mol. The van der Waals surface area contributed by atoms with Gasteiger partial charge in [0, 0.05) is 0 Å². The lowest BCUT2D eigenvalue weighted by molar-refractivity contribution is -0.410. The summed E-state index contributed by atoms with van der Waals surface area (Å²) in [5, 5.41) is 0. The normalized spacial score (nSPS) is 11.5. The van der Waals surface area contributed by atoms with Crippen LogP contribution in [0.5, 0.6) is 0 Å². The van der Waals surface area contributed by atoms with Crippen molar-refractivity contribution in [3.63, 3.8) is 0 Å². The van der Waals surface area contributed by atoms with Crippen LogP contribution in [0.4, 0.5) is 0 Å². The molecule has 0 unspecified atom stereocenters. The third kappa shape index (κ3) is 7.49. The molecule has 0 saturated heterocycles. The average Bonchev–Trinajstić information content (AvgIpc) is 2.75. The predicted molar refractivity (Wildman–Crippen MR) is 122 cm³/mol. The highest BCUT2D eigenvalue weighted by Gasteiger charge is 2.29. The third-order valence-electron chi connectivity index (χ3n) is 4.78. The molecule has 154 valence electrons. The molecule has 3 rings (SSSR count). The van der Waals surface area contributed by atoms with E-state index in [4.69, 9.17) is 9.78 Å². The van der Waals surface area contributed by atoms with E-state index in [1.807, 2.05) is 88.4 Å². The predicted octanol–water partition coefficient (Wildman–Crippen LogP) is 7.44. The molecule has 0 saturated carbocycles. The van der Waals surface area contributed by atoms with Crippen LogP contribution in [0.2, 0.25) is 0 Å². The lowest BCUT2D eigenvalue weighted by Crippen LogP contribution is -2.29. The minimum Gasteiger partial charge on any atom is -0.225 e. The van der Waals surface area contributed by atoms with Crippen LogP contribution >= 0.6 is 0 Å². The monoisotopic (exact) mass is 390 g/mol. The van der Waals surface area contributed by atoms with Crippen molar-refractivity contribution in [3.05, 3.63) is 108 Å². The molecule has 0 spiro atoms. The zero-order valence-electron chi connectivity index (χ0n) is 18.4. The molecule has 0 aromatic heterocycles. The standard InChI is InChI=1S/C18H22O2.C9H12/c1-17(2,15-11-7-5-8-12-15)19-20-18(3,4)16-13-9-6-10-14-16;1-2-6-9-7-4-3-5-8-9/h5-14H,1-4H3;3-5,7-8H,2,6H2,1H3. The van der Waals surface area contributed by atoms with E-state index in [1.54, 1.807) is 0 Å². The first-order valence-corrected chi connectivity index (χ1v) is 10.4. The zero-order valence-corrected chi connectivity index (χ0v) is 18.4. The number of hydrogen-bond acceptors (Lipinski definition) is 2. The molecule has 0 aliphatic heterocycles. The smallest absolute Gasteiger partial charge is 0.123 e. The third-order valence-corrected chi connectivity index (χ3v) is 4.78. The van der Waals surface area contributed by atoms with E-state index in [0.717, 1.165) is 11.1 Å². The molecule has 29 heavy (non-hydrogen) atoms. The molecule has 0 radical (unpaired) electrons. The van der Waals surface area contributed by atoms with Crippen molar-refractivity contribution >= 4 is 0 Å². The van der Waals surface area contributed by atoms with Gasteiger partial charge < -0.3 is 0 Å². The minimum absolute atomic E-state index is 0.493. The summed E-state index contributed by atoms with van der Waals surface area (Å²) in [6.45, 7) is 10.2.